The molecule has 0 saturated carbocycles. The minimum atomic E-state index is -0.114. The third kappa shape index (κ3) is 2.96. The number of carbonyl (C=O) groups excluding carboxylic acids is 1. The second-order valence-electron chi connectivity index (χ2n) is 4.06. The van der Waals surface area contributed by atoms with Gasteiger partial charge in [0.25, 0.3) is 5.91 Å². The van der Waals surface area contributed by atoms with Crippen molar-refractivity contribution < 1.29 is 9.21 Å². The zero-order valence-corrected chi connectivity index (χ0v) is 9.88. The van der Waals surface area contributed by atoms with E-state index < -0.39 is 0 Å². The number of nitrogens with one attached hydrogen (secondary N) is 1. The number of carbonyl (C=O) groups is 1. The maximum absolute atomic E-state index is 11.8. The standard InChI is InChI=1S/C12H15N3O2/c1-9(6-11-4-3-5-17-11)14-12(16)10-7-13-15(2)8-10/h3-5,7-9H,6H2,1-2H3,(H,14,16)/t9-/m1/s1. The molecule has 17 heavy (non-hydrogen) atoms. The van der Waals surface area contributed by atoms with Crippen LogP contribution in [0.15, 0.2) is 35.2 Å². The monoisotopic (exact) mass is 233 g/mol. The van der Waals surface area contributed by atoms with Crippen LogP contribution in [0.2, 0.25) is 0 Å². The quantitative estimate of drug-likeness (QED) is 0.867. The van der Waals surface area contributed by atoms with Gasteiger partial charge in [-0.25, -0.2) is 0 Å². The number of aromatic nitrogens is 2. The molecule has 1 atom stereocenters. The van der Waals surface area contributed by atoms with Crippen molar-refractivity contribution in [3.63, 3.8) is 0 Å². The lowest BCUT2D eigenvalue weighted by molar-refractivity contribution is 0.0939. The molecule has 90 valence electrons. The summed E-state index contributed by atoms with van der Waals surface area (Å²) in [4.78, 5) is 11.8. The highest BCUT2D eigenvalue weighted by atomic mass is 16.3. The molecule has 1 N–H and O–H groups in total. The Kier molecular flexibility index (Phi) is 3.27. The minimum absolute atomic E-state index is 0.0221. The summed E-state index contributed by atoms with van der Waals surface area (Å²) in [5.74, 6) is 0.751. The normalized spacial score (nSPS) is 12.4. The van der Waals surface area contributed by atoms with E-state index in [9.17, 15) is 4.79 Å². The van der Waals surface area contributed by atoms with E-state index in [2.05, 4.69) is 10.4 Å². The van der Waals surface area contributed by atoms with Crippen molar-refractivity contribution in [1.29, 1.82) is 0 Å². The number of hydrogen-bond acceptors (Lipinski definition) is 3. The van der Waals surface area contributed by atoms with Crippen LogP contribution in [0.1, 0.15) is 23.0 Å². The molecule has 2 rings (SSSR count). The lowest BCUT2D eigenvalue weighted by atomic mass is 10.2. The van der Waals surface area contributed by atoms with E-state index in [-0.39, 0.29) is 11.9 Å². The maximum Gasteiger partial charge on any atom is 0.254 e. The Hall–Kier alpha value is -2.04. The second-order valence-corrected chi connectivity index (χ2v) is 4.06. The van der Waals surface area contributed by atoms with Gasteiger partial charge in [-0.3, -0.25) is 9.48 Å². The molecule has 2 heterocycles. The lowest BCUT2D eigenvalue weighted by Gasteiger charge is -2.11. The summed E-state index contributed by atoms with van der Waals surface area (Å²) in [6.07, 6.45) is 5.55. The van der Waals surface area contributed by atoms with Gasteiger partial charge in [0.15, 0.2) is 0 Å². The minimum Gasteiger partial charge on any atom is -0.469 e. The molecule has 0 spiro atoms. The van der Waals surface area contributed by atoms with E-state index in [1.807, 2.05) is 19.1 Å². The van der Waals surface area contributed by atoms with Gasteiger partial charge >= 0.3 is 0 Å². The maximum atomic E-state index is 11.8. The summed E-state index contributed by atoms with van der Waals surface area (Å²) < 4.78 is 6.83. The van der Waals surface area contributed by atoms with Crippen LogP contribution in [-0.4, -0.2) is 21.7 Å². The number of amides is 1. The van der Waals surface area contributed by atoms with Crippen LogP contribution >= 0.6 is 0 Å². The van der Waals surface area contributed by atoms with Gasteiger partial charge in [-0.15, -0.1) is 0 Å². The van der Waals surface area contributed by atoms with Crippen molar-refractivity contribution in [1.82, 2.24) is 15.1 Å². The number of nitrogens with zero attached hydrogens (tertiary/aromatic N) is 2. The SMILES string of the molecule is C[C@H](Cc1ccco1)NC(=O)c1cnn(C)c1. The summed E-state index contributed by atoms with van der Waals surface area (Å²) in [7, 11) is 1.78. The van der Waals surface area contributed by atoms with Crippen molar-refractivity contribution in [2.24, 2.45) is 7.05 Å². The average Bonchev–Trinajstić information content (AvgIpc) is 2.89. The molecule has 2 aromatic rings. The van der Waals surface area contributed by atoms with Gasteiger partial charge in [0.2, 0.25) is 0 Å². The van der Waals surface area contributed by atoms with E-state index in [0.717, 1.165) is 5.76 Å². The van der Waals surface area contributed by atoms with E-state index in [1.165, 1.54) is 0 Å². The van der Waals surface area contributed by atoms with Crippen molar-refractivity contribution >= 4 is 5.91 Å². The Labute approximate surface area is 99.4 Å². The summed E-state index contributed by atoms with van der Waals surface area (Å²) in [5, 5.41) is 6.85. The molecular formula is C12H15N3O2. The smallest absolute Gasteiger partial charge is 0.254 e. The van der Waals surface area contributed by atoms with Crippen LogP contribution < -0.4 is 5.32 Å². The van der Waals surface area contributed by atoms with Crippen molar-refractivity contribution in [3.8, 4) is 0 Å². The number of aryl methyl sites for hydroxylation is 1. The van der Waals surface area contributed by atoms with Crippen LogP contribution in [0.5, 0.6) is 0 Å². The third-order valence-electron chi connectivity index (χ3n) is 2.43. The predicted octanol–water partition coefficient (Wildman–Crippen LogP) is 1.37. The molecule has 0 unspecified atom stereocenters. The summed E-state index contributed by atoms with van der Waals surface area (Å²) >= 11 is 0. The largest absolute Gasteiger partial charge is 0.469 e. The fourth-order valence-corrected chi connectivity index (χ4v) is 1.63. The molecule has 0 aromatic carbocycles. The molecule has 0 radical (unpaired) electrons. The highest BCUT2D eigenvalue weighted by Crippen LogP contribution is 2.05. The van der Waals surface area contributed by atoms with Crippen LogP contribution in [-0.2, 0) is 13.5 Å². The molecule has 0 aliphatic heterocycles. The summed E-state index contributed by atoms with van der Waals surface area (Å²) in [5.41, 5.74) is 0.568. The molecule has 0 aliphatic rings. The first-order chi connectivity index (χ1) is 8.15. The van der Waals surface area contributed by atoms with Crippen molar-refractivity contribution in [2.75, 3.05) is 0 Å². The molecule has 0 aliphatic carbocycles. The first-order valence-corrected chi connectivity index (χ1v) is 5.47. The van der Waals surface area contributed by atoms with Gasteiger partial charge in [0.05, 0.1) is 18.0 Å². The number of furan rings is 1. The van der Waals surface area contributed by atoms with E-state index in [1.54, 1.807) is 30.4 Å². The van der Waals surface area contributed by atoms with Gasteiger partial charge in [-0.05, 0) is 19.1 Å². The fourth-order valence-electron chi connectivity index (χ4n) is 1.63. The summed E-state index contributed by atoms with van der Waals surface area (Å²) in [6.45, 7) is 1.94. The van der Waals surface area contributed by atoms with Crippen molar-refractivity contribution in [2.45, 2.75) is 19.4 Å². The first-order valence-electron chi connectivity index (χ1n) is 5.47. The topological polar surface area (TPSA) is 60.1 Å². The second kappa shape index (κ2) is 4.86. The van der Waals surface area contributed by atoms with Gasteiger partial charge < -0.3 is 9.73 Å². The fraction of sp³-hybridized carbons (Fsp3) is 0.333. The Morgan fingerprint density at radius 2 is 2.47 bits per heavy atom. The molecule has 5 heteroatoms. The van der Waals surface area contributed by atoms with Gasteiger partial charge in [0.1, 0.15) is 5.76 Å². The Balaban J connectivity index is 1.90. The predicted molar refractivity (Wildman–Crippen MR) is 62.5 cm³/mol. The van der Waals surface area contributed by atoms with Crippen LogP contribution in [0.4, 0.5) is 0 Å². The van der Waals surface area contributed by atoms with E-state index in [0.29, 0.717) is 12.0 Å². The average molecular weight is 233 g/mol. The Morgan fingerprint density at radius 3 is 3.06 bits per heavy atom. The number of hydrogen-bond donors (Lipinski definition) is 1. The molecular weight excluding hydrogens is 218 g/mol. The summed E-state index contributed by atoms with van der Waals surface area (Å²) in [6, 6.07) is 3.76. The van der Waals surface area contributed by atoms with Crippen LogP contribution in [0.3, 0.4) is 0 Å². The lowest BCUT2D eigenvalue weighted by Crippen LogP contribution is -2.33. The van der Waals surface area contributed by atoms with Crippen LogP contribution in [0, 0.1) is 0 Å². The Morgan fingerprint density at radius 1 is 1.65 bits per heavy atom. The highest BCUT2D eigenvalue weighted by molar-refractivity contribution is 5.93. The Bertz CT molecular complexity index is 488. The molecule has 0 bridgehead atoms. The van der Waals surface area contributed by atoms with Gasteiger partial charge in [-0.2, -0.15) is 5.10 Å². The highest BCUT2D eigenvalue weighted by Gasteiger charge is 2.12. The third-order valence-corrected chi connectivity index (χ3v) is 2.43. The van der Waals surface area contributed by atoms with E-state index in [4.69, 9.17) is 4.42 Å². The zero-order valence-electron chi connectivity index (χ0n) is 9.88. The van der Waals surface area contributed by atoms with Crippen LogP contribution in [0.25, 0.3) is 0 Å². The van der Waals surface area contributed by atoms with Gasteiger partial charge in [-0.1, -0.05) is 0 Å². The van der Waals surface area contributed by atoms with Crippen molar-refractivity contribution in [3.05, 3.63) is 42.1 Å². The molecule has 0 fully saturated rings. The first kappa shape index (κ1) is 11.4. The van der Waals surface area contributed by atoms with Gasteiger partial charge in [0, 0.05) is 25.7 Å². The molecule has 5 nitrogen and oxygen atoms in total. The molecule has 0 saturated heterocycles. The molecule has 1 amide bonds. The number of rotatable bonds is 4. The zero-order chi connectivity index (χ0) is 12.3. The molecule has 2 aromatic heterocycles. The van der Waals surface area contributed by atoms with E-state index >= 15 is 0 Å².